The molecule has 0 atom stereocenters. The van der Waals surface area contributed by atoms with Gasteiger partial charge in [0.25, 0.3) is 0 Å². The Morgan fingerprint density at radius 1 is 1.33 bits per heavy atom. The van der Waals surface area contributed by atoms with Gasteiger partial charge in [0.15, 0.2) is 5.12 Å². The number of aromatic carboxylic acids is 1. The van der Waals surface area contributed by atoms with Gasteiger partial charge in [-0.15, -0.1) is 0 Å². The van der Waals surface area contributed by atoms with Crippen molar-refractivity contribution in [2.24, 2.45) is 5.41 Å². The van der Waals surface area contributed by atoms with Crippen LogP contribution in [0.1, 0.15) is 31.1 Å². The summed E-state index contributed by atoms with van der Waals surface area (Å²) < 4.78 is 13.7. The van der Waals surface area contributed by atoms with Crippen LogP contribution in [0, 0.1) is 11.2 Å². The molecule has 0 heterocycles. The van der Waals surface area contributed by atoms with Crippen molar-refractivity contribution >= 4 is 38.8 Å². The van der Waals surface area contributed by atoms with E-state index in [0.29, 0.717) is 9.37 Å². The molecule has 0 saturated carbocycles. The SMILES string of the molecule is CC(C)(C)C(=O)Sc1cc(C(=O)O)c(F)cc1Br. The number of hydrogen-bond donors (Lipinski definition) is 1. The number of hydrogen-bond acceptors (Lipinski definition) is 3. The molecule has 0 radical (unpaired) electrons. The zero-order valence-electron chi connectivity index (χ0n) is 10.1. The van der Waals surface area contributed by atoms with Crippen LogP contribution in [0.4, 0.5) is 4.39 Å². The molecular formula is C12H12BrFO3S. The number of carboxylic acids is 1. The quantitative estimate of drug-likeness (QED) is 0.832. The van der Waals surface area contributed by atoms with Crippen LogP contribution in [0.25, 0.3) is 0 Å². The Balaban J connectivity index is 3.14. The third kappa shape index (κ3) is 3.55. The minimum absolute atomic E-state index is 0.119. The summed E-state index contributed by atoms with van der Waals surface area (Å²) in [6, 6.07) is 2.22. The third-order valence-electron chi connectivity index (χ3n) is 2.07. The Morgan fingerprint density at radius 3 is 2.33 bits per heavy atom. The van der Waals surface area contributed by atoms with E-state index >= 15 is 0 Å². The smallest absolute Gasteiger partial charge is 0.338 e. The number of carbonyl (C=O) groups is 2. The third-order valence-corrected chi connectivity index (χ3v) is 4.34. The molecule has 1 aromatic rings. The van der Waals surface area contributed by atoms with Crippen molar-refractivity contribution in [3.05, 3.63) is 28.0 Å². The van der Waals surface area contributed by atoms with Crippen LogP contribution < -0.4 is 0 Å². The second-order valence-electron chi connectivity index (χ2n) is 4.71. The first kappa shape index (κ1) is 15.2. The number of benzene rings is 1. The maximum Gasteiger partial charge on any atom is 0.338 e. The highest BCUT2D eigenvalue weighted by atomic mass is 79.9. The Labute approximate surface area is 117 Å². The van der Waals surface area contributed by atoms with Gasteiger partial charge in [0.2, 0.25) is 0 Å². The standard InChI is InChI=1S/C12H12BrFO3S/c1-12(2,3)11(17)18-9-4-6(10(15)16)8(14)5-7(9)13/h4-5H,1-3H3,(H,15,16). The number of thioether (sulfide) groups is 1. The lowest BCUT2D eigenvalue weighted by Crippen LogP contribution is -2.16. The van der Waals surface area contributed by atoms with E-state index in [1.54, 1.807) is 20.8 Å². The van der Waals surface area contributed by atoms with Crippen molar-refractivity contribution < 1.29 is 19.1 Å². The molecule has 6 heteroatoms. The van der Waals surface area contributed by atoms with Crippen LogP contribution in [0.2, 0.25) is 0 Å². The minimum Gasteiger partial charge on any atom is -0.478 e. The molecule has 0 unspecified atom stereocenters. The van der Waals surface area contributed by atoms with Crippen LogP contribution >= 0.6 is 27.7 Å². The summed E-state index contributed by atoms with van der Waals surface area (Å²) in [7, 11) is 0. The summed E-state index contributed by atoms with van der Waals surface area (Å²) in [6.07, 6.45) is 0. The second-order valence-corrected chi connectivity index (χ2v) is 6.58. The van der Waals surface area contributed by atoms with Crippen LogP contribution in [-0.2, 0) is 4.79 Å². The normalized spacial score (nSPS) is 11.4. The highest BCUT2D eigenvalue weighted by Crippen LogP contribution is 2.35. The van der Waals surface area contributed by atoms with Crippen molar-refractivity contribution in [3.8, 4) is 0 Å². The van der Waals surface area contributed by atoms with Crippen molar-refractivity contribution in [2.75, 3.05) is 0 Å². The second kappa shape index (κ2) is 5.40. The van der Waals surface area contributed by atoms with Gasteiger partial charge in [0.05, 0.1) is 5.56 Å². The molecule has 0 aliphatic heterocycles. The number of carboxylic acid groups (broad SMARTS) is 1. The Bertz CT molecular complexity index is 509. The maximum absolute atomic E-state index is 13.3. The van der Waals surface area contributed by atoms with Gasteiger partial charge in [-0.3, -0.25) is 4.79 Å². The van der Waals surface area contributed by atoms with Gasteiger partial charge in [0.1, 0.15) is 5.82 Å². The molecule has 18 heavy (non-hydrogen) atoms. The average molecular weight is 335 g/mol. The van der Waals surface area contributed by atoms with E-state index in [0.717, 1.165) is 23.9 Å². The van der Waals surface area contributed by atoms with Crippen molar-refractivity contribution in [3.63, 3.8) is 0 Å². The van der Waals surface area contributed by atoms with Gasteiger partial charge in [-0.1, -0.05) is 32.5 Å². The monoisotopic (exact) mass is 334 g/mol. The molecule has 98 valence electrons. The summed E-state index contributed by atoms with van der Waals surface area (Å²) >= 11 is 4.02. The predicted molar refractivity (Wildman–Crippen MR) is 71.4 cm³/mol. The number of halogens is 2. The molecule has 0 aliphatic rings. The van der Waals surface area contributed by atoms with Gasteiger partial charge in [-0.2, -0.15) is 0 Å². The Morgan fingerprint density at radius 2 is 1.89 bits per heavy atom. The average Bonchev–Trinajstić information content (AvgIpc) is 2.19. The molecule has 3 nitrogen and oxygen atoms in total. The molecular weight excluding hydrogens is 323 g/mol. The zero-order chi connectivity index (χ0) is 14.1. The van der Waals surface area contributed by atoms with E-state index in [1.165, 1.54) is 0 Å². The van der Waals surface area contributed by atoms with E-state index in [9.17, 15) is 14.0 Å². The minimum atomic E-state index is -1.36. The van der Waals surface area contributed by atoms with Gasteiger partial charge in [-0.05, 0) is 28.1 Å². The van der Waals surface area contributed by atoms with E-state index in [4.69, 9.17) is 5.11 Å². The summed E-state index contributed by atoms with van der Waals surface area (Å²) in [5.74, 6) is -2.19. The fraction of sp³-hybridized carbons (Fsp3) is 0.333. The fourth-order valence-electron chi connectivity index (χ4n) is 1.02. The molecule has 1 N–H and O–H groups in total. The lowest BCUT2D eigenvalue weighted by Gasteiger charge is -2.16. The van der Waals surface area contributed by atoms with Crippen molar-refractivity contribution in [2.45, 2.75) is 25.7 Å². The lowest BCUT2D eigenvalue weighted by atomic mass is 10.00. The number of rotatable bonds is 2. The molecule has 0 bridgehead atoms. The topological polar surface area (TPSA) is 54.4 Å². The first-order chi connectivity index (χ1) is 8.12. The molecule has 0 aromatic heterocycles. The first-order valence-electron chi connectivity index (χ1n) is 5.07. The van der Waals surface area contributed by atoms with Crippen LogP contribution in [0.15, 0.2) is 21.5 Å². The lowest BCUT2D eigenvalue weighted by molar-refractivity contribution is -0.117. The van der Waals surface area contributed by atoms with Crippen molar-refractivity contribution in [1.82, 2.24) is 0 Å². The van der Waals surface area contributed by atoms with Gasteiger partial charge in [-0.25, -0.2) is 9.18 Å². The zero-order valence-corrected chi connectivity index (χ0v) is 12.5. The molecule has 0 saturated heterocycles. The van der Waals surface area contributed by atoms with Crippen LogP contribution in [0.3, 0.4) is 0 Å². The van der Waals surface area contributed by atoms with E-state index in [-0.39, 0.29) is 5.12 Å². The highest BCUT2D eigenvalue weighted by molar-refractivity contribution is 9.10. The predicted octanol–water partition coefficient (Wildman–Crippen LogP) is 3.95. The maximum atomic E-state index is 13.3. The molecule has 0 fully saturated rings. The summed E-state index contributed by atoms with van der Waals surface area (Å²) in [4.78, 5) is 23.1. The van der Waals surface area contributed by atoms with Crippen LogP contribution in [-0.4, -0.2) is 16.2 Å². The Hall–Kier alpha value is -0.880. The molecule has 0 spiro atoms. The first-order valence-corrected chi connectivity index (χ1v) is 6.68. The van der Waals surface area contributed by atoms with Gasteiger partial charge in [0, 0.05) is 14.8 Å². The summed E-state index contributed by atoms with van der Waals surface area (Å²) in [5.41, 5.74) is -0.996. The fourth-order valence-corrected chi connectivity index (χ4v) is 2.42. The summed E-state index contributed by atoms with van der Waals surface area (Å²) in [6.45, 7) is 5.29. The van der Waals surface area contributed by atoms with Gasteiger partial charge < -0.3 is 5.11 Å². The largest absolute Gasteiger partial charge is 0.478 e. The van der Waals surface area contributed by atoms with E-state index in [1.807, 2.05) is 0 Å². The van der Waals surface area contributed by atoms with Gasteiger partial charge >= 0.3 is 5.97 Å². The van der Waals surface area contributed by atoms with Crippen LogP contribution in [0.5, 0.6) is 0 Å². The van der Waals surface area contributed by atoms with E-state index < -0.39 is 22.8 Å². The molecule has 1 rings (SSSR count). The molecule has 0 amide bonds. The van der Waals surface area contributed by atoms with E-state index in [2.05, 4.69) is 15.9 Å². The molecule has 1 aromatic carbocycles. The summed E-state index contributed by atoms with van der Waals surface area (Å²) in [5, 5.41) is 8.71. The highest BCUT2D eigenvalue weighted by Gasteiger charge is 2.24. The van der Waals surface area contributed by atoms with Crippen molar-refractivity contribution in [1.29, 1.82) is 0 Å². The molecule has 0 aliphatic carbocycles. The Kier molecular flexibility index (Phi) is 4.55. The number of carbonyl (C=O) groups excluding carboxylic acids is 1.